The lowest BCUT2D eigenvalue weighted by Gasteiger charge is -2.36. The van der Waals surface area contributed by atoms with Gasteiger partial charge in [-0.1, -0.05) is 17.7 Å². The van der Waals surface area contributed by atoms with E-state index in [9.17, 15) is 13.6 Å². The van der Waals surface area contributed by atoms with E-state index in [-0.39, 0.29) is 18.4 Å². The number of aryl methyl sites for hydroxylation is 1. The molecule has 0 bridgehead atoms. The van der Waals surface area contributed by atoms with Crippen LogP contribution in [0.15, 0.2) is 24.5 Å². The maximum absolute atomic E-state index is 13.2. The van der Waals surface area contributed by atoms with E-state index in [2.05, 4.69) is 5.32 Å². The van der Waals surface area contributed by atoms with Gasteiger partial charge in [-0.25, -0.2) is 8.78 Å². The second-order valence-corrected chi connectivity index (χ2v) is 6.59. The number of alkyl halides is 2. The van der Waals surface area contributed by atoms with Crippen LogP contribution in [0.2, 0.25) is 0 Å². The van der Waals surface area contributed by atoms with Gasteiger partial charge in [0.2, 0.25) is 0 Å². The molecular weight excluding hydrogens is 300 g/mol. The predicted molar refractivity (Wildman–Crippen MR) is 84.3 cm³/mol. The summed E-state index contributed by atoms with van der Waals surface area (Å²) in [6.07, 6.45) is 4.03. The molecule has 1 aromatic rings. The summed E-state index contributed by atoms with van der Waals surface area (Å²) in [4.78, 5) is 12.5. The molecule has 0 radical (unpaired) electrons. The van der Waals surface area contributed by atoms with Crippen molar-refractivity contribution in [1.82, 2.24) is 5.32 Å². The van der Waals surface area contributed by atoms with Crippen LogP contribution in [0, 0.1) is 12.3 Å². The van der Waals surface area contributed by atoms with E-state index in [1.54, 1.807) is 18.4 Å². The minimum Gasteiger partial charge on any atom is -0.501 e. The molecule has 2 aliphatic carbocycles. The zero-order chi connectivity index (χ0) is 16.7. The lowest BCUT2D eigenvalue weighted by Crippen LogP contribution is -2.47. The molecule has 0 atom stereocenters. The molecule has 3 rings (SSSR count). The molecule has 0 aliphatic heterocycles. The molecule has 1 N–H and O–H groups in total. The fourth-order valence-corrected chi connectivity index (χ4v) is 3.30. The number of carbonyl (C=O) groups is 1. The molecule has 2 fully saturated rings. The SMILES string of the molecule is CCO/C=C/c1ccc(C)cc1C(=O)NC1CC2(C1)CC2(F)F. The van der Waals surface area contributed by atoms with Crippen molar-refractivity contribution in [3.05, 3.63) is 41.2 Å². The Kier molecular flexibility index (Phi) is 3.90. The summed E-state index contributed by atoms with van der Waals surface area (Å²) in [7, 11) is 0. The molecule has 3 nitrogen and oxygen atoms in total. The van der Waals surface area contributed by atoms with Crippen molar-refractivity contribution in [3.8, 4) is 0 Å². The van der Waals surface area contributed by atoms with E-state index in [1.807, 2.05) is 26.0 Å². The van der Waals surface area contributed by atoms with Gasteiger partial charge in [0.05, 0.1) is 12.9 Å². The molecule has 1 spiro atoms. The highest BCUT2D eigenvalue weighted by Gasteiger charge is 2.75. The number of carbonyl (C=O) groups excluding carboxylic acids is 1. The summed E-state index contributed by atoms with van der Waals surface area (Å²) in [5.74, 6) is -2.74. The Morgan fingerprint density at radius 1 is 1.43 bits per heavy atom. The van der Waals surface area contributed by atoms with E-state index >= 15 is 0 Å². The molecule has 0 saturated heterocycles. The van der Waals surface area contributed by atoms with Crippen LogP contribution in [0.5, 0.6) is 0 Å². The van der Waals surface area contributed by atoms with Crippen molar-refractivity contribution in [2.24, 2.45) is 5.41 Å². The maximum atomic E-state index is 13.2. The standard InChI is InChI=1S/C18H21F2NO2/c1-3-23-7-6-13-5-4-12(2)8-15(13)16(22)21-14-9-17(10-14)11-18(17,19)20/h4-8,14H,3,9-11H2,1-2H3,(H,21,22)/b7-6+. The molecule has 1 aromatic carbocycles. The van der Waals surface area contributed by atoms with Gasteiger partial charge in [-0.3, -0.25) is 4.79 Å². The number of halogens is 2. The third kappa shape index (κ3) is 2.96. The highest BCUT2D eigenvalue weighted by Crippen LogP contribution is 2.70. The monoisotopic (exact) mass is 321 g/mol. The van der Waals surface area contributed by atoms with Gasteiger partial charge in [0, 0.05) is 23.4 Å². The minimum atomic E-state index is -2.52. The van der Waals surface area contributed by atoms with Crippen molar-refractivity contribution >= 4 is 12.0 Å². The van der Waals surface area contributed by atoms with E-state index in [1.165, 1.54) is 0 Å². The Morgan fingerprint density at radius 2 is 2.13 bits per heavy atom. The van der Waals surface area contributed by atoms with Crippen molar-refractivity contribution in [1.29, 1.82) is 0 Å². The fourth-order valence-electron chi connectivity index (χ4n) is 3.30. The van der Waals surface area contributed by atoms with Gasteiger partial charge < -0.3 is 10.1 Å². The number of hydrogen-bond donors (Lipinski definition) is 1. The third-order valence-electron chi connectivity index (χ3n) is 4.78. The number of amides is 1. The summed E-state index contributed by atoms with van der Waals surface area (Å²) >= 11 is 0. The van der Waals surface area contributed by atoms with E-state index in [0.29, 0.717) is 25.0 Å². The summed E-state index contributed by atoms with van der Waals surface area (Å²) in [5.41, 5.74) is 1.45. The smallest absolute Gasteiger partial charge is 0.254 e. The first-order valence-electron chi connectivity index (χ1n) is 7.94. The number of rotatable bonds is 5. The first-order chi connectivity index (χ1) is 10.9. The molecule has 0 aromatic heterocycles. The molecule has 2 saturated carbocycles. The highest BCUT2D eigenvalue weighted by molar-refractivity contribution is 5.98. The van der Waals surface area contributed by atoms with Crippen molar-refractivity contribution < 1.29 is 18.3 Å². The average Bonchev–Trinajstić information content (AvgIpc) is 3.03. The fraction of sp³-hybridized carbons (Fsp3) is 0.500. The quantitative estimate of drug-likeness (QED) is 0.835. The average molecular weight is 321 g/mol. The first-order valence-corrected chi connectivity index (χ1v) is 7.94. The van der Waals surface area contributed by atoms with Crippen molar-refractivity contribution in [2.45, 2.75) is 45.1 Å². The second-order valence-electron chi connectivity index (χ2n) is 6.59. The van der Waals surface area contributed by atoms with Gasteiger partial charge in [0.1, 0.15) is 0 Å². The zero-order valence-electron chi connectivity index (χ0n) is 13.4. The van der Waals surface area contributed by atoms with Crippen molar-refractivity contribution in [2.75, 3.05) is 6.61 Å². The minimum absolute atomic E-state index is 0.0286. The summed E-state index contributed by atoms with van der Waals surface area (Å²) in [6.45, 7) is 4.35. The molecule has 2 aliphatic rings. The van der Waals surface area contributed by atoms with Crippen LogP contribution in [0.4, 0.5) is 8.78 Å². The van der Waals surface area contributed by atoms with Gasteiger partial charge in [-0.2, -0.15) is 0 Å². The van der Waals surface area contributed by atoms with Gasteiger partial charge in [0.15, 0.2) is 0 Å². The summed E-state index contributed by atoms with van der Waals surface area (Å²) < 4.78 is 31.6. The number of hydrogen-bond acceptors (Lipinski definition) is 2. The maximum Gasteiger partial charge on any atom is 0.254 e. The summed E-state index contributed by atoms with van der Waals surface area (Å²) in [6, 6.07) is 5.43. The normalized spacial score (nSPS) is 27.7. The van der Waals surface area contributed by atoms with Crippen LogP contribution in [-0.4, -0.2) is 24.5 Å². The lowest BCUT2D eigenvalue weighted by atomic mass is 9.76. The first kappa shape index (κ1) is 16.0. The second kappa shape index (κ2) is 5.62. The highest BCUT2D eigenvalue weighted by atomic mass is 19.3. The van der Waals surface area contributed by atoms with Crippen LogP contribution < -0.4 is 5.32 Å². The van der Waals surface area contributed by atoms with Gasteiger partial charge in [0.25, 0.3) is 11.8 Å². The topological polar surface area (TPSA) is 38.3 Å². The van der Waals surface area contributed by atoms with E-state index in [4.69, 9.17) is 4.74 Å². The Morgan fingerprint density at radius 3 is 2.74 bits per heavy atom. The van der Waals surface area contributed by atoms with Crippen LogP contribution in [0.1, 0.15) is 47.7 Å². The molecule has 0 heterocycles. The third-order valence-corrected chi connectivity index (χ3v) is 4.78. The number of nitrogens with one attached hydrogen (secondary N) is 1. The van der Waals surface area contributed by atoms with Crippen LogP contribution in [-0.2, 0) is 4.74 Å². The molecule has 23 heavy (non-hydrogen) atoms. The van der Waals surface area contributed by atoms with Crippen molar-refractivity contribution in [3.63, 3.8) is 0 Å². The molecule has 5 heteroatoms. The molecule has 124 valence electrons. The number of ether oxygens (including phenoxy) is 1. The Labute approximate surface area is 134 Å². The molecule has 1 amide bonds. The van der Waals surface area contributed by atoms with Gasteiger partial charge in [-0.05, 0) is 44.4 Å². The Bertz CT molecular complexity index is 648. The predicted octanol–water partition coefficient (Wildman–Crippen LogP) is 3.92. The largest absolute Gasteiger partial charge is 0.501 e. The van der Waals surface area contributed by atoms with E-state index in [0.717, 1.165) is 11.1 Å². The van der Waals surface area contributed by atoms with Gasteiger partial charge in [-0.15, -0.1) is 0 Å². The number of benzene rings is 1. The Balaban J connectivity index is 1.66. The van der Waals surface area contributed by atoms with Crippen LogP contribution >= 0.6 is 0 Å². The van der Waals surface area contributed by atoms with E-state index < -0.39 is 11.3 Å². The molecular formula is C18H21F2NO2. The van der Waals surface area contributed by atoms with Crippen LogP contribution in [0.25, 0.3) is 6.08 Å². The van der Waals surface area contributed by atoms with Crippen LogP contribution in [0.3, 0.4) is 0 Å². The Hall–Kier alpha value is -1.91. The van der Waals surface area contributed by atoms with Gasteiger partial charge >= 0.3 is 0 Å². The lowest BCUT2D eigenvalue weighted by molar-refractivity contribution is 0.0140. The molecule has 0 unspecified atom stereocenters. The summed E-state index contributed by atoms with van der Waals surface area (Å²) in [5, 5.41) is 2.88. The zero-order valence-corrected chi connectivity index (χ0v) is 13.4.